The van der Waals surface area contributed by atoms with E-state index in [0.717, 1.165) is 24.1 Å². The number of allylic oxidation sites excluding steroid dienone is 1. The summed E-state index contributed by atoms with van der Waals surface area (Å²) >= 11 is 0. The molecule has 2 rings (SSSR count). The number of hydrogen-bond acceptors (Lipinski definition) is 3. The molecule has 1 aliphatic carbocycles. The summed E-state index contributed by atoms with van der Waals surface area (Å²) in [6, 6.07) is 7.97. The van der Waals surface area contributed by atoms with Gasteiger partial charge < -0.3 is 5.73 Å². The van der Waals surface area contributed by atoms with Gasteiger partial charge in [0.2, 0.25) is 0 Å². The molecule has 1 atom stereocenters. The van der Waals surface area contributed by atoms with E-state index in [2.05, 4.69) is 11.5 Å². The first-order valence-corrected chi connectivity index (χ1v) is 5.82. The first kappa shape index (κ1) is 11.2. The van der Waals surface area contributed by atoms with Gasteiger partial charge in [0.1, 0.15) is 0 Å². The molecule has 0 aromatic heterocycles. The van der Waals surface area contributed by atoms with Crippen LogP contribution in [0.1, 0.15) is 37.3 Å². The molecule has 0 heterocycles. The van der Waals surface area contributed by atoms with Crippen LogP contribution in [0.2, 0.25) is 0 Å². The number of hydrazine groups is 1. The highest BCUT2D eigenvalue weighted by atomic mass is 15.2. The lowest BCUT2D eigenvalue weighted by Gasteiger charge is -2.24. The SMILES string of the molecule is NNC(C1=CCCCC1)c1ccccc1N. The fourth-order valence-corrected chi connectivity index (χ4v) is 2.30. The fraction of sp³-hybridized carbons (Fsp3) is 0.385. The van der Waals surface area contributed by atoms with Crippen LogP contribution in [0.25, 0.3) is 0 Å². The molecule has 0 amide bonds. The quantitative estimate of drug-likeness (QED) is 0.315. The highest BCUT2D eigenvalue weighted by Crippen LogP contribution is 2.31. The average Bonchev–Trinajstić information content (AvgIpc) is 2.34. The second-order valence-corrected chi connectivity index (χ2v) is 4.25. The van der Waals surface area contributed by atoms with Crippen LogP contribution in [-0.2, 0) is 0 Å². The number of nitrogens with one attached hydrogen (secondary N) is 1. The van der Waals surface area contributed by atoms with E-state index in [1.807, 2.05) is 24.3 Å². The maximum absolute atomic E-state index is 5.98. The van der Waals surface area contributed by atoms with Gasteiger partial charge in [0, 0.05) is 5.69 Å². The van der Waals surface area contributed by atoms with Crippen molar-refractivity contribution in [3.63, 3.8) is 0 Å². The Morgan fingerprint density at radius 2 is 2.00 bits per heavy atom. The number of hydrogen-bond donors (Lipinski definition) is 3. The summed E-state index contributed by atoms with van der Waals surface area (Å²) in [4.78, 5) is 0. The lowest BCUT2D eigenvalue weighted by Crippen LogP contribution is -2.30. The summed E-state index contributed by atoms with van der Waals surface area (Å²) in [5.74, 6) is 5.66. The Labute approximate surface area is 96.5 Å². The van der Waals surface area contributed by atoms with Gasteiger partial charge in [0.05, 0.1) is 6.04 Å². The Kier molecular flexibility index (Phi) is 3.59. The Bertz CT molecular complexity index is 385. The third-order valence-corrected chi connectivity index (χ3v) is 3.17. The number of para-hydroxylation sites is 1. The van der Waals surface area contributed by atoms with Gasteiger partial charge in [0.25, 0.3) is 0 Å². The summed E-state index contributed by atoms with van der Waals surface area (Å²) in [6.45, 7) is 0. The predicted molar refractivity (Wildman–Crippen MR) is 67.5 cm³/mol. The zero-order valence-corrected chi connectivity index (χ0v) is 9.45. The monoisotopic (exact) mass is 217 g/mol. The van der Waals surface area contributed by atoms with Crippen molar-refractivity contribution in [3.05, 3.63) is 41.5 Å². The van der Waals surface area contributed by atoms with Crippen molar-refractivity contribution >= 4 is 5.69 Å². The van der Waals surface area contributed by atoms with E-state index in [-0.39, 0.29) is 6.04 Å². The minimum absolute atomic E-state index is 0.0708. The molecule has 0 saturated heterocycles. The minimum Gasteiger partial charge on any atom is -0.398 e. The van der Waals surface area contributed by atoms with Gasteiger partial charge in [-0.25, -0.2) is 5.43 Å². The van der Waals surface area contributed by atoms with E-state index in [9.17, 15) is 0 Å². The van der Waals surface area contributed by atoms with Crippen molar-refractivity contribution < 1.29 is 0 Å². The minimum atomic E-state index is 0.0708. The third-order valence-electron chi connectivity index (χ3n) is 3.17. The Balaban J connectivity index is 2.28. The van der Waals surface area contributed by atoms with Gasteiger partial charge >= 0.3 is 0 Å². The third kappa shape index (κ3) is 2.26. The predicted octanol–water partition coefficient (Wildman–Crippen LogP) is 2.27. The van der Waals surface area contributed by atoms with E-state index < -0.39 is 0 Å². The summed E-state index contributed by atoms with van der Waals surface area (Å²) in [5, 5.41) is 0. The number of nitrogens with two attached hydrogens (primary N) is 2. The molecule has 1 unspecified atom stereocenters. The van der Waals surface area contributed by atoms with Crippen molar-refractivity contribution in [3.8, 4) is 0 Å². The largest absolute Gasteiger partial charge is 0.398 e. The first-order valence-electron chi connectivity index (χ1n) is 5.82. The van der Waals surface area contributed by atoms with Crippen LogP contribution in [-0.4, -0.2) is 0 Å². The maximum Gasteiger partial charge on any atom is 0.0690 e. The van der Waals surface area contributed by atoms with Crippen molar-refractivity contribution in [2.45, 2.75) is 31.7 Å². The number of anilines is 1. The number of benzene rings is 1. The van der Waals surface area contributed by atoms with Gasteiger partial charge in [-0.3, -0.25) is 5.84 Å². The van der Waals surface area contributed by atoms with E-state index in [4.69, 9.17) is 11.6 Å². The Morgan fingerprint density at radius 1 is 1.19 bits per heavy atom. The Hall–Kier alpha value is -1.32. The average molecular weight is 217 g/mol. The standard InChI is InChI=1S/C13H19N3/c14-12-9-5-4-8-11(12)13(16-15)10-6-2-1-3-7-10/h4-6,8-9,13,16H,1-3,7,14-15H2. The van der Waals surface area contributed by atoms with Crippen molar-refractivity contribution in [2.24, 2.45) is 5.84 Å². The van der Waals surface area contributed by atoms with Crippen molar-refractivity contribution in [1.82, 2.24) is 5.43 Å². The van der Waals surface area contributed by atoms with Gasteiger partial charge in [-0.05, 0) is 37.3 Å². The topological polar surface area (TPSA) is 64.1 Å². The molecule has 0 radical (unpaired) electrons. The van der Waals surface area contributed by atoms with E-state index in [0.29, 0.717) is 0 Å². The zero-order chi connectivity index (χ0) is 11.4. The van der Waals surface area contributed by atoms with Crippen molar-refractivity contribution in [1.29, 1.82) is 0 Å². The van der Waals surface area contributed by atoms with Crippen LogP contribution in [0.4, 0.5) is 5.69 Å². The van der Waals surface area contributed by atoms with Crippen LogP contribution >= 0.6 is 0 Å². The number of rotatable bonds is 3. The molecule has 3 heteroatoms. The first-order chi connectivity index (χ1) is 7.83. The van der Waals surface area contributed by atoms with Crippen LogP contribution < -0.4 is 17.0 Å². The smallest absolute Gasteiger partial charge is 0.0690 e. The molecule has 3 nitrogen and oxygen atoms in total. The van der Waals surface area contributed by atoms with E-state index in [1.54, 1.807) is 0 Å². The highest BCUT2D eigenvalue weighted by Gasteiger charge is 2.18. The molecule has 1 aliphatic rings. The summed E-state index contributed by atoms with van der Waals surface area (Å²) in [7, 11) is 0. The van der Waals surface area contributed by atoms with Gasteiger partial charge in [-0.15, -0.1) is 0 Å². The molecule has 0 bridgehead atoms. The molecule has 1 aromatic carbocycles. The summed E-state index contributed by atoms with van der Waals surface area (Å²) < 4.78 is 0. The summed E-state index contributed by atoms with van der Waals surface area (Å²) in [6.07, 6.45) is 7.09. The summed E-state index contributed by atoms with van der Waals surface area (Å²) in [5.41, 5.74) is 12.1. The van der Waals surface area contributed by atoms with E-state index in [1.165, 1.54) is 18.4 Å². The lowest BCUT2D eigenvalue weighted by molar-refractivity contribution is 0.567. The van der Waals surface area contributed by atoms with Crippen LogP contribution in [0, 0.1) is 0 Å². The van der Waals surface area contributed by atoms with Gasteiger partial charge in [-0.1, -0.05) is 29.8 Å². The van der Waals surface area contributed by atoms with E-state index >= 15 is 0 Å². The second kappa shape index (κ2) is 5.14. The molecule has 1 aromatic rings. The molecule has 0 spiro atoms. The highest BCUT2D eigenvalue weighted by molar-refractivity contribution is 5.50. The lowest BCUT2D eigenvalue weighted by atomic mass is 9.89. The molecule has 0 saturated carbocycles. The molecular formula is C13H19N3. The number of nitrogen functional groups attached to an aromatic ring is 1. The molecule has 86 valence electrons. The normalized spacial score (nSPS) is 17.9. The molecule has 0 aliphatic heterocycles. The van der Waals surface area contributed by atoms with Gasteiger partial charge in [0.15, 0.2) is 0 Å². The second-order valence-electron chi connectivity index (χ2n) is 4.25. The van der Waals surface area contributed by atoms with Crippen molar-refractivity contribution in [2.75, 3.05) is 5.73 Å². The molecule has 16 heavy (non-hydrogen) atoms. The van der Waals surface area contributed by atoms with Gasteiger partial charge in [-0.2, -0.15) is 0 Å². The maximum atomic E-state index is 5.98. The molecule has 5 N–H and O–H groups in total. The molecular weight excluding hydrogens is 198 g/mol. The van der Waals surface area contributed by atoms with Crippen LogP contribution in [0.5, 0.6) is 0 Å². The zero-order valence-electron chi connectivity index (χ0n) is 9.45. The molecule has 0 fully saturated rings. The van der Waals surface area contributed by atoms with Crippen LogP contribution in [0.15, 0.2) is 35.9 Å². The van der Waals surface area contributed by atoms with Crippen LogP contribution in [0.3, 0.4) is 0 Å². The fourth-order valence-electron chi connectivity index (χ4n) is 2.30. The Morgan fingerprint density at radius 3 is 2.62 bits per heavy atom.